The molecule has 0 amide bonds. The zero-order valence-corrected chi connectivity index (χ0v) is 6.47. The third-order valence-electron chi connectivity index (χ3n) is 2.81. The van der Waals surface area contributed by atoms with Gasteiger partial charge in [0.1, 0.15) is 0 Å². The van der Waals surface area contributed by atoms with E-state index >= 15 is 0 Å². The summed E-state index contributed by atoms with van der Waals surface area (Å²) in [7, 11) is 0. The van der Waals surface area contributed by atoms with Gasteiger partial charge in [0.2, 0.25) is 0 Å². The molecule has 1 unspecified atom stereocenters. The van der Waals surface area contributed by atoms with Gasteiger partial charge < -0.3 is 10.5 Å². The summed E-state index contributed by atoms with van der Waals surface area (Å²) in [5, 5.41) is 0. The topological polar surface area (TPSA) is 35.2 Å². The Labute approximate surface area is 61.7 Å². The fraction of sp³-hybridized carbons (Fsp3) is 1.00. The maximum absolute atomic E-state index is 5.76. The molecule has 1 atom stereocenters. The Bertz CT molecular complexity index is 140. The third kappa shape index (κ3) is 0.789. The highest BCUT2D eigenvalue weighted by Gasteiger charge is 2.49. The van der Waals surface area contributed by atoms with Gasteiger partial charge in [-0.1, -0.05) is 0 Å². The van der Waals surface area contributed by atoms with Crippen molar-refractivity contribution >= 4 is 0 Å². The number of nitrogens with two attached hydrogens (primary N) is 1. The van der Waals surface area contributed by atoms with Crippen molar-refractivity contribution in [2.45, 2.75) is 37.9 Å². The summed E-state index contributed by atoms with van der Waals surface area (Å²) in [4.78, 5) is 0. The van der Waals surface area contributed by atoms with Crippen LogP contribution in [0, 0.1) is 5.92 Å². The SMILES string of the molecule is CC1CC2CC(CN)(C2)O1. The first-order chi connectivity index (χ1) is 4.74. The number of rotatable bonds is 1. The van der Waals surface area contributed by atoms with E-state index in [2.05, 4.69) is 6.92 Å². The Kier molecular flexibility index (Phi) is 1.29. The maximum atomic E-state index is 5.76. The number of hydrogen-bond acceptors (Lipinski definition) is 2. The zero-order valence-electron chi connectivity index (χ0n) is 6.47. The molecule has 0 aromatic heterocycles. The second kappa shape index (κ2) is 1.95. The van der Waals surface area contributed by atoms with E-state index in [-0.39, 0.29) is 5.60 Å². The molecule has 3 aliphatic rings. The average molecular weight is 141 g/mol. The number of hydrogen-bond donors (Lipinski definition) is 1. The Morgan fingerprint density at radius 2 is 2.30 bits per heavy atom. The van der Waals surface area contributed by atoms with Crippen LogP contribution in [0.2, 0.25) is 0 Å². The predicted molar refractivity (Wildman–Crippen MR) is 39.7 cm³/mol. The number of ether oxygens (including phenoxy) is 1. The highest BCUT2D eigenvalue weighted by atomic mass is 16.5. The molecule has 0 spiro atoms. The van der Waals surface area contributed by atoms with Crippen LogP contribution in [0.15, 0.2) is 0 Å². The van der Waals surface area contributed by atoms with Crippen molar-refractivity contribution in [2.75, 3.05) is 6.54 Å². The molecular formula is C8H15NO. The van der Waals surface area contributed by atoms with E-state index in [1.54, 1.807) is 0 Å². The highest BCUT2D eigenvalue weighted by molar-refractivity contribution is 5.01. The third-order valence-corrected chi connectivity index (χ3v) is 2.81. The second-order valence-electron chi connectivity index (χ2n) is 3.83. The van der Waals surface area contributed by atoms with Crippen LogP contribution in [0.1, 0.15) is 26.2 Å². The molecule has 2 heteroatoms. The van der Waals surface area contributed by atoms with Gasteiger partial charge in [-0.05, 0) is 32.1 Å². The molecule has 58 valence electrons. The quantitative estimate of drug-likeness (QED) is 0.589. The van der Waals surface area contributed by atoms with Crippen LogP contribution < -0.4 is 5.73 Å². The van der Waals surface area contributed by atoms with Crippen molar-refractivity contribution in [2.24, 2.45) is 11.7 Å². The van der Waals surface area contributed by atoms with Crippen LogP contribution in [0.5, 0.6) is 0 Å². The first-order valence-electron chi connectivity index (χ1n) is 4.12. The minimum absolute atomic E-state index is 0.113. The van der Waals surface area contributed by atoms with Gasteiger partial charge in [0.15, 0.2) is 0 Å². The smallest absolute Gasteiger partial charge is 0.0813 e. The minimum atomic E-state index is 0.113. The molecule has 2 saturated heterocycles. The van der Waals surface area contributed by atoms with E-state index in [4.69, 9.17) is 10.5 Å². The summed E-state index contributed by atoms with van der Waals surface area (Å²) in [6.45, 7) is 2.86. The molecule has 2 heterocycles. The van der Waals surface area contributed by atoms with Gasteiger partial charge in [0, 0.05) is 6.54 Å². The minimum Gasteiger partial charge on any atom is -0.371 e. The molecule has 0 aromatic rings. The van der Waals surface area contributed by atoms with Crippen LogP contribution in [-0.4, -0.2) is 18.2 Å². The fourth-order valence-electron chi connectivity index (χ4n) is 2.41. The summed E-state index contributed by atoms with van der Waals surface area (Å²) in [5.41, 5.74) is 5.73. The monoisotopic (exact) mass is 141 g/mol. The summed E-state index contributed by atoms with van der Waals surface area (Å²) in [6, 6.07) is 0. The van der Waals surface area contributed by atoms with Gasteiger partial charge in [0.05, 0.1) is 11.7 Å². The molecule has 0 aromatic carbocycles. The van der Waals surface area contributed by atoms with Gasteiger partial charge in [-0.15, -0.1) is 0 Å². The molecule has 1 aliphatic carbocycles. The molecular weight excluding hydrogens is 126 g/mol. The van der Waals surface area contributed by atoms with Crippen molar-refractivity contribution in [3.8, 4) is 0 Å². The Morgan fingerprint density at radius 3 is 2.70 bits per heavy atom. The molecule has 2 N–H and O–H groups in total. The van der Waals surface area contributed by atoms with E-state index in [9.17, 15) is 0 Å². The van der Waals surface area contributed by atoms with Crippen molar-refractivity contribution < 1.29 is 4.74 Å². The van der Waals surface area contributed by atoms with Gasteiger partial charge in [-0.3, -0.25) is 0 Å². The first-order valence-corrected chi connectivity index (χ1v) is 4.12. The van der Waals surface area contributed by atoms with Gasteiger partial charge in [-0.25, -0.2) is 0 Å². The van der Waals surface area contributed by atoms with E-state index in [0.29, 0.717) is 12.6 Å². The van der Waals surface area contributed by atoms with Crippen LogP contribution >= 0.6 is 0 Å². The molecule has 2 bridgehead atoms. The molecule has 2 aliphatic heterocycles. The summed E-state index contributed by atoms with van der Waals surface area (Å²) < 4.78 is 5.76. The van der Waals surface area contributed by atoms with Crippen LogP contribution in [0.3, 0.4) is 0 Å². The van der Waals surface area contributed by atoms with Gasteiger partial charge in [0.25, 0.3) is 0 Å². The first kappa shape index (κ1) is 6.62. The summed E-state index contributed by atoms with van der Waals surface area (Å²) in [5.74, 6) is 0.923. The summed E-state index contributed by atoms with van der Waals surface area (Å²) in [6.07, 6.45) is 4.14. The number of fused-ring (bicyclic) bond motifs is 2. The molecule has 10 heavy (non-hydrogen) atoms. The van der Waals surface area contributed by atoms with E-state index in [0.717, 1.165) is 5.92 Å². The second-order valence-corrected chi connectivity index (χ2v) is 3.83. The fourth-order valence-corrected chi connectivity index (χ4v) is 2.41. The van der Waals surface area contributed by atoms with Crippen molar-refractivity contribution in [1.82, 2.24) is 0 Å². The van der Waals surface area contributed by atoms with E-state index < -0.39 is 0 Å². The normalized spacial score (nSPS) is 52.2. The highest BCUT2D eigenvalue weighted by Crippen LogP contribution is 2.48. The zero-order chi connectivity index (χ0) is 7.19. The van der Waals surface area contributed by atoms with Crippen LogP contribution in [-0.2, 0) is 4.74 Å². The average Bonchev–Trinajstić information content (AvgIpc) is 1.84. The maximum Gasteiger partial charge on any atom is 0.0813 e. The molecule has 3 fully saturated rings. The van der Waals surface area contributed by atoms with Crippen molar-refractivity contribution in [3.63, 3.8) is 0 Å². The van der Waals surface area contributed by atoms with Crippen LogP contribution in [0.4, 0.5) is 0 Å². The van der Waals surface area contributed by atoms with Crippen molar-refractivity contribution in [3.05, 3.63) is 0 Å². The van der Waals surface area contributed by atoms with Gasteiger partial charge >= 0.3 is 0 Å². The molecule has 3 rings (SSSR count). The molecule has 0 radical (unpaired) electrons. The predicted octanol–water partition coefficient (Wildman–Crippen LogP) is 0.903. The van der Waals surface area contributed by atoms with E-state index in [1.807, 2.05) is 0 Å². The standard InChI is InChI=1S/C8H15NO/c1-6-2-7-3-8(4-7,5-9)10-6/h6-7H,2-5,9H2,1H3. The van der Waals surface area contributed by atoms with Crippen molar-refractivity contribution in [1.29, 1.82) is 0 Å². The Hall–Kier alpha value is -0.0800. The van der Waals surface area contributed by atoms with Gasteiger partial charge in [-0.2, -0.15) is 0 Å². The molecule has 2 nitrogen and oxygen atoms in total. The van der Waals surface area contributed by atoms with E-state index in [1.165, 1.54) is 19.3 Å². The molecule has 1 saturated carbocycles. The lowest BCUT2D eigenvalue weighted by atomic mass is 9.66. The lowest BCUT2D eigenvalue weighted by Gasteiger charge is -2.54. The Balaban J connectivity index is 2.03. The lowest BCUT2D eigenvalue weighted by Crippen LogP contribution is -2.58. The largest absolute Gasteiger partial charge is 0.371 e. The Morgan fingerprint density at radius 1 is 1.60 bits per heavy atom. The van der Waals surface area contributed by atoms with Crippen LogP contribution in [0.25, 0.3) is 0 Å². The lowest BCUT2D eigenvalue weighted by molar-refractivity contribution is -0.205. The summed E-state index contributed by atoms with van der Waals surface area (Å²) >= 11 is 0.